The first-order valence-corrected chi connectivity index (χ1v) is 7.36. The van der Waals surface area contributed by atoms with Crippen LogP contribution in [0.1, 0.15) is 10.4 Å². The van der Waals surface area contributed by atoms with Crippen LogP contribution in [0.5, 0.6) is 0 Å². The number of hydrogen-bond donors (Lipinski definition) is 1. The SMILES string of the molecule is Cc1cc2c(cc1F)nc(N)n2Cc1cc(Br)cs1. The lowest BCUT2D eigenvalue weighted by Crippen LogP contribution is -2.03. The summed E-state index contributed by atoms with van der Waals surface area (Å²) in [6.07, 6.45) is 0. The molecule has 0 unspecified atom stereocenters. The predicted molar refractivity (Wildman–Crippen MR) is 80.0 cm³/mol. The fraction of sp³-hybridized carbons (Fsp3) is 0.154. The summed E-state index contributed by atoms with van der Waals surface area (Å²) < 4.78 is 16.5. The van der Waals surface area contributed by atoms with Crippen molar-refractivity contribution in [2.24, 2.45) is 0 Å². The van der Waals surface area contributed by atoms with Gasteiger partial charge in [0.25, 0.3) is 0 Å². The molecule has 2 aromatic heterocycles. The largest absolute Gasteiger partial charge is 0.369 e. The lowest BCUT2D eigenvalue weighted by atomic mass is 10.2. The van der Waals surface area contributed by atoms with Gasteiger partial charge in [-0.05, 0) is 40.5 Å². The number of rotatable bonds is 2. The summed E-state index contributed by atoms with van der Waals surface area (Å²) in [6.45, 7) is 2.38. The summed E-state index contributed by atoms with van der Waals surface area (Å²) in [5.41, 5.74) is 7.98. The molecule has 0 aliphatic carbocycles. The number of thiophene rings is 1. The zero-order valence-corrected chi connectivity index (χ0v) is 12.6. The Morgan fingerprint density at radius 2 is 2.21 bits per heavy atom. The third-order valence-corrected chi connectivity index (χ3v) is 4.68. The van der Waals surface area contributed by atoms with Crippen molar-refractivity contribution in [1.29, 1.82) is 0 Å². The molecule has 0 saturated heterocycles. The van der Waals surface area contributed by atoms with Crippen LogP contribution < -0.4 is 5.73 Å². The van der Waals surface area contributed by atoms with E-state index in [0.717, 1.165) is 9.99 Å². The van der Waals surface area contributed by atoms with Crippen LogP contribution >= 0.6 is 27.3 Å². The molecule has 0 spiro atoms. The van der Waals surface area contributed by atoms with Crippen molar-refractivity contribution in [3.63, 3.8) is 0 Å². The molecule has 0 aliphatic rings. The zero-order chi connectivity index (χ0) is 13.6. The standard InChI is InChI=1S/C13H11BrFN3S/c1-7-2-12-11(4-10(7)15)17-13(16)18(12)5-9-3-8(14)6-19-9/h2-4,6H,5H2,1H3,(H2,16,17). The van der Waals surface area contributed by atoms with Crippen LogP contribution in [0.25, 0.3) is 11.0 Å². The number of benzene rings is 1. The first kappa shape index (κ1) is 12.6. The second-order valence-electron chi connectivity index (χ2n) is 4.38. The van der Waals surface area contributed by atoms with Gasteiger partial charge in [-0.3, -0.25) is 0 Å². The number of nitrogen functional groups attached to an aromatic ring is 1. The maximum absolute atomic E-state index is 13.5. The van der Waals surface area contributed by atoms with E-state index in [-0.39, 0.29) is 5.82 Å². The van der Waals surface area contributed by atoms with Crippen LogP contribution in [0.3, 0.4) is 0 Å². The van der Waals surface area contributed by atoms with Gasteiger partial charge in [0.1, 0.15) is 5.82 Å². The number of fused-ring (bicyclic) bond motifs is 1. The average Bonchev–Trinajstić information content (AvgIpc) is 2.87. The number of hydrogen-bond acceptors (Lipinski definition) is 3. The third-order valence-electron chi connectivity index (χ3n) is 2.99. The lowest BCUT2D eigenvalue weighted by Gasteiger charge is -2.05. The monoisotopic (exact) mass is 339 g/mol. The molecular formula is C13H11BrFN3S. The highest BCUT2D eigenvalue weighted by atomic mass is 79.9. The minimum Gasteiger partial charge on any atom is -0.369 e. The minimum atomic E-state index is -0.254. The second kappa shape index (κ2) is 4.61. The van der Waals surface area contributed by atoms with E-state index in [1.807, 2.05) is 16.0 Å². The van der Waals surface area contributed by atoms with Crippen LogP contribution in [0.15, 0.2) is 28.1 Å². The van der Waals surface area contributed by atoms with Crippen LogP contribution in [-0.4, -0.2) is 9.55 Å². The number of aryl methyl sites for hydroxylation is 1. The summed E-state index contributed by atoms with van der Waals surface area (Å²) in [6, 6.07) is 5.27. The van der Waals surface area contributed by atoms with Crippen molar-refractivity contribution in [3.8, 4) is 0 Å². The highest BCUT2D eigenvalue weighted by molar-refractivity contribution is 9.10. The van der Waals surface area contributed by atoms with Gasteiger partial charge in [0, 0.05) is 20.8 Å². The van der Waals surface area contributed by atoms with E-state index in [4.69, 9.17) is 5.73 Å². The summed E-state index contributed by atoms with van der Waals surface area (Å²) in [5, 5.41) is 2.02. The van der Waals surface area contributed by atoms with Crippen LogP contribution in [0.4, 0.5) is 10.3 Å². The Bertz CT molecular complexity index is 763. The van der Waals surface area contributed by atoms with Crippen molar-refractivity contribution in [2.45, 2.75) is 13.5 Å². The lowest BCUT2D eigenvalue weighted by molar-refractivity contribution is 0.620. The van der Waals surface area contributed by atoms with E-state index in [0.29, 0.717) is 23.6 Å². The highest BCUT2D eigenvalue weighted by Crippen LogP contribution is 2.26. The van der Waals surface area contributed by atoms with Gasteiger partial charge in [0.05, 0.1) is 17.6 Å². The molecule has 2 N–H and O–H groups in total. The van der Waals surface area contributed by atoms with Crippen LogP contribution in [-0.2, 0) is 6.54 Å². The van der Waals surface area contributed by atoms with Crippen molar-refractivity contribution < 1.29 is 4.39 Å². The molecule has 0 atom stereocenters. The number of imidazole rings is 1. The van der Waals surface area contributed by atoms with Gasteiger partial charge in [-0.2, -0.15) is 0 Å². The molecule has 1 aromatic carbocycles. The first-order chi connectivity index (χ1) is 9.04. The van der Waals surface area contributed by atoms with E-state index >= 15 is 0 Å². The number of aromatic nitrogens is 2. The molecule has 98 valence electrons. The van der Waals surface area contributed by atoms with Crippen molar-refractivity contribution in [3.05, 3.63) is 44.3 Å². The fourth-order valence-electron chi connectivity index (χ4n) is 2.03. The molecule has 0 bridgehead atoms. The fourth-order valence-corrected chi connectivity index (χ4v) is 3.47. The molecule has 3 aromatic rings. The zero-order valence-electron chi connectivity index (χ0n) is 10.2. The smallest absolute Gasteiger partial charge is 0.201 e. The highest BCUT2D eigenvalue weighted by Gasteiger charge is 2.12. The topological polar surface area (TPSA) is 43.8 Å². The summed E-state index contributed by atoms with van der Waals surface area (Å²) in [7, 11) is 0. The molecule has 0 saturated carbocycles. The third kappa shape index (κ3) is 2.26. The van der Waals surface area contributed by atoms with E-state index in [2.05, 4.69) is 20.9 Å². The van der Waals surface area contributed by atoms with Gasteiger partial charge in [-0.25, -0.2) is 9.37 Å². The van der Waals surface area contributed by atoms with Gasteiger partial charge < -0.3 is 10.3 Å². The molecule has 2 heterocycles. The number of anilines is 1. The Morgan fingerprint density at radius 3 is 2.89 bits per heavy atom. The average molecular weight is 340 g/mol. The first-order valence-electron chi connectivity index (χ1n) is 5.69. The maximum atomic E-state index is 13.5. The van der Waals surface area contributed by atoms with E-state index in [1.54, 1.807) is 24.3 Å². The summed E-state index contributed by atoms with van der Waals surface area (Å²) in [5.74, 6) is 0.153. The Labute approximate surface area is 122 Å². The molecule has 0 amide bonds. The van der Waals surface area contributed by atoms with Gasteiger partial charge in [-0.15, -0.1) is 11.3 Å². The van der Waals surface area contributed by atoms with Crippen molar-refractivity contribution in [2.75, 3.05) is 5.73 Å². The van der Waals surface area contributed by atoms with Crippen LogP contribution in [0.2, 0.25) is 0 Å². The number of halogens is 2. The van der Waals surface area contributed by atoms with Gasteiger partial charge >= 0.3 is 0 Å². The molecule has 0 fully saturated rings. The van der Waals surface area contributed by atoms with Crippen molar-refractivity contribution >= 4 is 44.2 Å². The van der Waals surface area contributed by atoms with Gasteiger partial charge in [-0.1, -0.05) is 0 Å². The Kier molecular flexibility index (Phi) is 3.06. The van der Waals surface area contributed by atoms with Gasteiger partial charge in [0.15, 0.2) is 0 Å². The molecule has 0 radical (unpaired) electrons. The molecule has 3 nitrogen and oxygen atoms in total. The quantitative estimate of drug-likeness (QED) is 0.768. The number of nitrogens with two attached hydrogens (primary N) is 1. The van der Waals surface area contributed by atoms with E-state index in [9.17, 15) is 4.39 Å². The molecule has 0 aliphatic heterocycles. The van der Waals surface area contributed by atoms with E-state index in [1.165, 1.54) is 10.9 Å². The predicted octanol–water partition coefficient (Wildman–Crippen LogP) is 3.94. The Morgan fingerprint density at radius 1 is 1.42 bits per heavy atom. The molecule has 3 rings (SSSR count). The Balaban J connectivity index is 2.12. The van der Waals surface area contributed by atoms with E-state index < -0.39 is 0 Å². The summed E-state index contributed by atoms with van der Waals surface area (Å²) >= 11 is 5.08. The molecule has 6 heteroatoms. The minimum absolute atomic E-state index is 0.254. The maximum Gasteiger partial charge on any atom is 0.201 e. The summed E-state index contributed by atoms with van der Waals surface area (Å²) in [4.78, 5) is 5.38. The molecular weight excluding hydrogens is 329 g/mol. The normalized spacial score (nSPS) is 11.3. The van der Waals surface area contributed by atoms with Gasteiger partial charge in [0.2, 0.25) is 5.95 Å². The number of nitrogens with zero attached hydrogens (tertiary/aromatic N) is 2. The van der Waals surface area contributed by atoms with Crippen molar-refractivity contribution in [1.82, 2.24) is 9.55 Å². The van der Waals surface area contributed by atoms with Crippen LogP contribution in [0, 0.1) is 12.7 Å². The molecule has 19 heavy (non-hydrogen) atoms. The second-order valence-corrected chi connectivity index (χ2v) is 6.29. The Hall–Kier alpha value is -1.40.